The molecule has 1 aromatic carbocycles. The summed E-state index contributed by atoms with van der Waals surface area (Å²) < 4.78 is 0. The second kappa shape index (κ2) is 5.45. The quantitative estimate of drug-likeness (QED) is 0.846. The smallest absolute Gasteiger partial charge is 0.0858 e. The molecule has 2 nitrogen and oxygen atoms in total. The van der Waals surface area contributed by atoms with Gasteiger partial charge in [0.05, 0.1) is 6.10 Å². The fourth-order valence-electron chi connectivity index (χ4n) is 2.54. The van der Waals surface area contributed by atoms with E-state index in [9.17, 15) is 5.11 Å². The predicted octanol–water partition coefficient (Wildman–Crippen LogP) is 3.35. The zero-order chi connectivity index (χ0) is 13.1. The number of aliphatic hydroxyl groups is 1. The highest BCUT2D eigenvalue weighted by Crippen LogP contribution is 2.54. The molecule has 1 unspecified atom stereocenters. The van der Waals surface area contributed by atoms with Crippen LogP contribution in [0.15, 0.2) is 47.8 Å². The van der Waals surface area contributed by atoms with E-state index in [4.69, 9.17) is 0 Å². The summed E-state index contributed by atoms with van der Waals surface area (Å²) in [6.45, 7) is 1.79. The number of thiophene rings is 1. The molecule has 3 rings (SSSR count). The Labute approximate surface area is 118 Å². The van der Waals surface area contributed by atoms with Crippen LogP contribution in [-0.2, 0) is 6.54 Å². The lowest BCUT2D eigenvalue weighted by Gasteiger charge is -2.23. The number of benzene rings is 1. The molecule has 0 aliphatic heterocycles. The zero-order valence-electron chi connectivity index (χ0n) is 10.9. The molecule has 100 valence electrons. The van der Waals surface area contributed by atoms with Gasteiger partial charge in [-0.1, -0.05) is 36.4 Å². The molecule has 0 bridgehead atoms. The Hall–Kier alpha value is -1.16. The largest absolute Gasteiger partial charge is 0.388 e. The lowest BCUT2D eigenvalue weighted by atomic mass is 9.93. The Morgan fingerprint density at radius 2 is 1.95 bits per heavy atom. The maximum Gasteiger partial charge on any atom is 0.0858 e. The Morgan fingerprint density at radius 1 is 1.16 bits per heavy atom. The molecule has 1 atom stereocenters. The van der Waals surface area contributed by atoms with Crippen molar-refractivity contribution in [1.29, 1.82) is 0 Å². The van der Waals surface area contributed by atoms with Crippen LogP contribution >= 0.6 is 11.3 Å². The molecule has 0 saturated heterocycles. The van der Waals surface area contributed by atoms with E-state index in [1.807, 2.05) is 30.3 Å². The maximum atomic E-state index is 10.5. The molecule has 1 aliphatic rings. The molecule has 3 heteroatoms. The molecule has 0 spiro atoms. The first-order chi connectivity index (χ1) is 9.30. The van der Waals surface area contributed by atoms with Crippen LogP contribution in [0.3, 0.4) is 0 Å². The van der Waals surface area contributed by atoms with Crippen molar-refractivity contribution >= 4 is 11.3 Å². The Kier molecular flexibility index (Phi) is 3.69. The van der Waals surface area contributed by atoms with Crippen LogP contribution in [0.5, 0.6) is 0 Å². The van der Waals surface area contributed by atoms with Gasteiger partial charge in [-0.3, -0.25) is 0 Å². The molecule has 0 amide bonds. The lowest BCUT2D eigenvalue weighted by molar-refractivity contribution is 0.0918. The summed E-state index contributed by atoms with van der Waals surface area (Å²) in [5, 5.41) is 16.1. The highest BCUT2D eigenvalue weighted by molar-refractivity contribution is 7.09. The van der Waals surface area contributed by atoms with Crippen molar-refractivity contribution in [2.45, 2.75) is 25.5 Å². The standard InChI is InChI=1S/C16H19NOS/c18-15(13-5-2-1-3-6-13)16(8-9-16)12-17-11-14-7-4-10-19-14/h1-7,10,15,17-18H,8-9,11-12H2. The molecule has 1 heterocycles. The van der Waals surface area contributed by atoms with E-state index in [2.05, 4.69) is 22.8 Å². The van der Waals surface area contributed by atoms with E-state index < -0.39 is 0 Å². The van der Waals surface area contributed by atoms with Gasteiger partial charge in [-0.2, -0.15) is 0 Å². The Balaban J connectivity index is 1.57. The number of hydrogen-bond donors (Lipinski definition) is 2. The minimum absolute atomic E-state index is 0.0542. The van der Waals surface area contributed by atoms with Crippen LogP contribution in [0, 0.1) is 5.41 Å². The first-order valence-electron chi connectivity index (χ1n) is 6.76. The van der Waals surface area contributed by atoms with Crippen molar-refractivity contribution < 1.29 is 5.11 Å². The van der Waals surface area contributed by atoms with Gasteiger partial charge in [-0.25, -0.2) is 0 Å². The van der Waals surface area contributed by atoms with Gasteiger partial charge in [0.25, 0.3) is 0 Å². The molecule has 0 radical (unpaired) electrons. The number of hydrogen-bond acceptors (Lipinski definition) is 3. The van der Waals surface area contributed by atoms with Gasteiger partial charge in [0, 0.05) is 23.4 Å². The highest BCUT2D eigenvalue weighted by Gasteiger charge is 2.48. The fourth-order valence-corrected chi connectivity index (χ4v) is 3.22. The van der Waals surface area contributed by atoms with Crippen molar-refractivity contribution in [3.8, 4) is 0 Å². The van der Waals surface area contributed by atoms with E-state index in [-0.39, 0.29) is 11.5 Å². The van der Waals surface area contributed by atoms with Crippen LogP contribution in [0.25, 0.3) is 0 Å². The molecule has 1 aromatic heterocycles. The normalized spacial score (nSPS) is 18.2. The molecule has 1 saturated carbocycles. The van der Waals surface area contributed by atoms with Crippen LogP contribution in [0.4, 0.5) is 0 Å². The van der Waals surface area contributed by atoms with Gasteiger partial charge < -0.3 is 10.4 Å². The minimum atomic E-state index is -0.343. The molecular formula is C16H19NOS. The molecular weight excluding hydrogens is 254 g/mol. The monoisotopic (exact) mass is 273 g/mol. The third-order valence-corrected chi connectivity index (χ3v) is 4.82. The van der Waals surface area contributed by atoms with E-state index >= 15 is 0 Å². The first kappa shape index (κ1) is 12.9. The highest BCUT2D eigenvalue weighted by atomic mass is 32.1. The number of nitrogens with one attached hydrogen (secondary N) is 1. The molecule has 2 N–H and O–H groups in total. The molecule has 1 aliphatic carbocycles. The molecule has 2 aromatic rings. The lowest BCUT2D eigenvalue weighted by Crippen LogP contribution is -2.28. The molecule has 19 heavy (non-hydrogen) atoms. The Bertz CT molecular complexity index is 505. The summed E-state index contributed by atoms with van der Waals surface area (Å²) >= 11 is 1.77. The van der Waals surface area contributed by atoms with Crippen LogP contribution in [0.2, 0.25) is 0 Å². The summed E-state index contributed by atoms with van der Waals surface area (Å²) in [5.41, 5.74) is 1.09. The van der Waals surface area contributed by atoms with Gasteiger partial charge in [0.1, 0.15) is 0 Å². The second-order valence-corrected chi connectivity index (χ2v) is 6.39. The predicted molar refractivity (Wildman–Crippen MR) is 79.1 cm³/mol. The number of rotatable bonds is 6. The van der Waals surface area contributed by atoms with E-state index in [0.29, 0.717) is 0 Å². The fraction of sp³-hybridized carbons (Fsp3) is 0.375. The van der Waals surface area contributed by atoms with Crippen molar-refractivity contribution in [2.24, 2.45) is 5.41 Å². The second-order valence-electron chi connectivity index (χ2n) is 5.36. The summed E-state index contributed by atoms with van der Waals surface area (Å²) in [6.07, 6.45) is 1.88. The minimum Gasteiger partial charge on any atom is -0.388 e. The summed E-state index contributed by atoms with van der Waals surface area (Å²) in [7, 11) is 0. The van der Waals surface area contributed by atoms with Crippen molar-refractivity contribution in [3.63, 3.8) is 0 Å². The van der Waals surface area contributed by atoms with Crippen molar-refractivity contribution in [1.82, 2.24) is 5.32 Å². The van der Waals surface area contributed by atoms with Crippen LogP contribution < -0.4 is 5.32 Å². The van der Waals surface area contributed by atoms with Crippen molar-refractivity contribution in [3.05, 3.63) is 58.3 Å². The van der Waals surface area contributed by atoms with Gasteiger partial charge in [-0.15, -0.1) is 11.3 Å². The third-order valence-electron chi connectivity index (χ3n) is 3.94. The Morgan fingerprint density at radius 3 is 2.58 bits per heavy atom. The number of aliphatic hydroxyl groups excluding tert-OH is 1. The zero-order valence-corrected chi connectivity index (χ0v) is 11.7. The van der Waals surface area contributed by atoms with Gasteiger partial charge in [0.15, 0.2) is 0 Å². The van der Waals surface area contributed by atoms with Crippen LogP contribution in [0.1, 0.15) is 29.4 Å². The van der Waals surface area contributed by atoms with Crippen molar-refractivity contribution in [2.75, 3.05) is 6.54 Å². The summed E-state index contributed by atoms with van der Waals surface area (Å²) in [4.78, 5) is 1.35. The van der Waals surface area contributed by atoms with Gasteiger partial charge in [0.2, 0.25) is 0 Å². The van der Waals surface area contributed by atoms with Crippen LogP contribution in [-0.4, -0.2) is 11.7 Å². The average molecular weight is 273 g/mol. The average Bonchev–Trinajstić information content (AvgIpc) is 3.06. The van der Waals surface area contributed by atoms with Gasteiger partial charge in [-0.05, 0) is 29.9 Å². The third kappa shape index (κ3) is 2.89. The van der Waals surface area contributed by atoms with E-state index in [0.717, 1.165) is 31.5 Å². The SMILES string of the molecule is OC(c1ccccc1)C1(CNCc2cccs2)CC1. The summed E-state index contributed by atoms with van der Waals surface area (Å²) in [5.74, 6) is 0. The first-order valence-corrected chi connectivity index (χ1v) is 7.64. The van der Waals surface area contributed by atoms with Gasteiger partial charge >= 0.3 is 0 Å². The topological polar surface area (TPSA) is 32.3 Å². The summed E-state index contributed by atoms with van der Waals surface area (Å²) in [6, 6.07) is 14.2. The molecule has 1 fully saturated rings. The van der Waals surface area contributed by atoms with E-state index in [1.54, 1.807) is 11.3 Å². The van der Waals surface area contributed by atoms with E-state index in [1.165, 1.54) is 4.88 Å². The maximum absolute atomic E-state index is 10.5.